The van der Waals surface area contributed by atoms with Gasteiger partial charge in [-0.05, 0) is 24.0 Å². The van der Waals surface area contributed by atoms with Crippen molar-refractivity contribution < 1.29 is 0 Å². The molecule has 0 aliphatic carbocycles. The minimum atomic E-state index is 0.579. The lowest BCUT2D eigenvalue weighted by molar-refractivity contribution is 0.479. The zero-order valence-electron chi connectivity index (χ0n) is 11.4. The molecule has 0 amide bonds. The summed E-state index contributed by atoms with van der Waals surface area (Å²) in [5.74, 6) is 1.93. The number of guanidine groups is 1. The van der Waals surface area contributed by atoms with Crippen molar-refractivity contribution in [2.45, 2.75) is 6.54 Å². The maximum atomic E-state index is 6.01. The molecule has 0 atom stereocenters. The molecule has 0 bridgehead atoms. The summed E-state index contributed by atoms with van der Waals surface area (Å²) in [6, 6.07) is 5.67. The monoisotopic (exact) mass is 319 g/mol. The minimum Gasteiger partial charge on any atom is -0.355 e. The quantitative estimate of drug-likeness (QED) is 0.512. The molecular weight excluding hydrogens is 301 g/mol. The van der Waals surface area contributed by atoms with Crippen molar-refractivity contribution in [1.29, 1.82) is 0 Å². The van der Waals surface area contributed by atoms with Gasteiger partial charge in [0.1, 0.15) is 0 Å². The number of rotatable bonds is 5. The molecule has 0 aliphatic heterocycles. The fourth-order valence-corrected chi connectivity index (χ4v) is 2.26. The molecule has 1 rings (SSSR count). The molecule has 19 heavy (non-hydrogen) atoms. The lowest BCUT2D eigenvalue weighted by atomic mass is 10.2. The number of hydrogen-bond acceptors (Lipinski definition) is 2. The molecule has 0 saturated carbocycles. The largest absolute Gasteiger partial charge is 0.355 e. The van der Waals surface area contributed by atoms with E-state index in [0.29, 0.717) is 10.0 Å². The highest BCUT2D eigenvalue weighted by molar-refractivity contribution is 7.98. The van der Waals surface area contributed by atoms with Gasteiger partial charge in [-0.15, -0.1) is 0 Å². The van der Waals surface area contributed by atoms with Crippen LogP contribution < -0.4 is 5.32 Å². The smallest absolute Gasteiger partial charge is 0.193 e. The molecular formula is C13H19Cl2N3S. The average Bonchev–Trinajstić information content (AvgIpc) is 2.39. The maximum absolute atomic E-state index is 6.01. The van der Waals surface area contributed by atoms with Gasteiger partial charge in [-0.25, -0.2) is 0 Å². The fraction of sp³-hybridized carbons (Fsp3) is 0.462. The number of halogens is 2. The standard InChI is InChI=1S/C13H19Cl2N3S/c1-16-13(17-6-7-19-3)18(2)9-10-4-5-11(14)12(15)8-10/h4-5,8H,6-7,9H2,1-3H3,(H,16,17). The van der Waals surface area contributed by atoms with E-state index < -0.39 is 0 Å². The Kier molecular flexibility index (Phi) is 7.42. The van der Waals surface area contributed by atoms with Gasteiger partial charge in [-0.2, -0.15) is 11.8 Å². The van der Waals surface area contributed by atoms with Gasteiger partial charge in [-0.1, -0.05) is 29.3 Å². The van der Waals surface area contributed by atoms with Crippen LogP contribution in [-0.2, 0) is 6.54 Å². The van der Waals surface area contributed by atoms with Crippen molar-refractivity contribution in [3.8, 4) is 0 Å². The van der Waals surface area contributed by atoms with Crippen molar-refractivity contribution in [3.63, 3.8) is 0 Å². The molecule has 0 aliphatic rings. The molecule has 0 heterocycles. The first kappa shape index (κ1) is 16.5. The van der Waals surface area contributed by atoms with Crippen LogP contribution in [0.1, 0.15) is 5.56 Å². The highest BCUT2D eigenvalue weighted by Crippen LogP contribution is 2.23. The maximum Gasteiger partial charge on any atom is 0.193 e. The number of benzene rings is 1. The Hall–Kier alpha value is -0.580. The van der Waals surface area contributed by atoms with Gasteiger partial charge < -0.3 is 10.2 Å². The third-order valence-corrected chi connectivity index (χ3v) is 3.92. The van der Waals surface area contributed by atoms with E-state index in [1.807, 2.05) is 25.2 Å². The van der Waals surface area contributed by atoms with Crippen LogP contribution >= 0.6 is 35.0 Å². The van der Waals surface area contributed by atoms with Crippen molar-refractivity contribution in [2.75, 3.05) is 32.6 Å². The fourth-order valence-electron chi connectivity index (χ4n) is 1.64. The number of nitrogens with one attached hydrogen (secondary N) is 1. The van der Waals surface area contributed by atoms with E-state index in [2.05, 4.69) is 21.5 Å². The van der Waals surface area contributed by atoms with E-state index >= 15 is 0 Å². The molecule has 3 nitrogen and oxygen atoms in total. The van der Waals surface area contributed by atoms with Crippen molar-refractivity contribution >= 4 is 40.9 Å². The van der Waals surface area contributed by atoms with Crippen LogP contribution in [0.5, 0.6) is 0 Å². The van der Waals surface area contributed by atoms with Gasteiger partial charge in [0.2, 0.25) is 0 Å². The zero-order valence-corrected chi connectivity index (χ0v) is 13.7. The van der Waals surface area contributed by atoms with Crippen LogP contribution in [0.2, 0.25) is 10.0 Å². The number of nitrogens with zero attached hydrogens (tertiary/aromatic N) is 2. The molecule has 1 aromatic rings. The Morgan fingerprint density at radius 2 is 2.11 bits per heavy atom. The lowest BCUT2D eigenvalue weighted by Gasteiger charge is -2.22. The van der Waals surface area contributed by atoms with Gasteiger partial charge in [-0.3, -0.25) is 4.99 Å². The van der Waals surface area contributed by atoms with Crippen LogP contribution in [0, 0.1) is 0 Å². The van der Waals surface area contributed by atoms with E-state index in [-0.39, 0.29) is 0 Å². The van der Waals surface area contributed by atoms with E-state index in [9.17, 15) is 0 Å². The first-order valence-electron chi connectivity index (χ1n) is 5.93. The van der Waals surface area contributed by atoms with E-state index in [1.165, 1.54) is 0 Å². The summed E-state index contributed by atoms with van der Waals surface area (Å²) in [5, 5.41) is 4.47. The van der Waals surface area contributed by atoms with Gasteiger partial charge >= 0.3 is 0 Å². The Bertz CT molecular complexity index is 438. The molecule has 0 spiro atoms. The Balaban J connectivity index is 2.61. The van der Waals surface area contributed by atoms with Crippen molar-refractivity contribution in [2.24, 2.45) is 4.99 Å². The van der Waals surface area contributed by atoms with Gasteiger partial charge in [0.25, 0.3) is 0 Å². The van der Waals surface area contributed by atoms with E-state index in [1.54, 1.807) is 18.8 Å². The summed E-state index contributed by atoms with van der Waals surface area (Å²) in [6.07, 6.45) is 2.09. The first-order chi connectivity index (χ1) is 9.08. The summed E-state index contributed by atoms with van der Waals surface area (Å²) < 4.78 is 0. The summed E-state index contributed by atoms with van der Waals surface area (Å²) in [5.41, 5.74) is 1.10. The third kappa shape index (κ3) is 5.51. The predicted molar refractivity (Wildman–Crippen MR) is 87.7 cm³/mol. The van der Waals surface area contributed by atoms with E-state index in [4.69, 9.17) is 23.2 Å². The highest BCUT2D eigenvalue weighted by Gasteiger charge is 2.07. The van der Waals surface area contributed by atoms with E-state index in [0.717, 1.165) is 30.4 Å². The zero-order chi connectivity index (χ0) is 14.3. The Labute approximate surface area is 129 Å². The van der Waals surface area contributed by atoms with Gasteiger partial charge in [0.15, 0.2) is 5.96 Å². The lowest BCUT2D eigenvalue weighted by Crippen LogP contribution is -2.39. The first-order valence-corrected chi connectivity index (χ1v) is 8.08. The van der Waals surface area contributed by atoms with Crippen molar-refractivity contribution in [3.05, 3.63) is 33.8 Å². The minimum absolute atomic E-state index is 0.579. The van der Waals surface area contributed by atoms with Crippen LogP contribution in [-0.4, -0.2) is 43.5 Å². The summed E-state index contributed by atoms with van der Waals surface area (Å²) in [7, 11) is 3.78. The molecule has 6 heteroatoms. The molecule has 1 aromatic carbocycles. The topological polar surface area (TPSA) is 27.6 Å². The molecule has 0 radical (unpaired) electrons. The number of hydrogen-bond donors (Lipinski definition) is 1. The van der Waals surface area contributed by atoms with Crippen molar-refractivity contribution in [1.82, 2.24) is 10.2 Å². The summed E-state index contributed by atoms with van der Waals surface area (Å²) >= 11 is 13.7. The summed E-state index contributed by atoms with van der Waals surface area (Å²) in [6.45, 7) is 1.63. The van der Waals surface area contributed by atoms with Crippen LogP contribution in [0.3, 0.4) is 0 Å². The Morgan fingerprint density at radius 3 is 2.68 bits per heavy atom. The Morgan fingerprint density at radius 1 is 1.37 bits per heavy atom. The highest BCUT2D eigenvalue weighted by atomic mass is 35.5. The van der Waals surface area contributed by atoms with Crippen LogP contribution in [0.15, 0.2) is 23.2 Å². The molecule has 0 unspecified atom stereocenters. The summed E-state index contributed by atoms with van der Waals surface area (Å²) in [4.78, 5) is 6.31. The molecule has 1 N–H and O–H groups in total. The third-order valence-electron chi connectivity index (χ3n) is 2.57. The van der Waals surface area contributed by atoms with Crippen LogP contribution in [0.25, 0.3) is 0 Å². The number of thioether (sulfide) groups is 1. The van der Waals surface area contributed by atoms with Gasteiger partial charge in [0, 0.05) is 32.9 Å². The van der Waals surface area contributed by atoms with Crippen LogP contribution in [0.4, 0.5) is 0 Å². The molecule has 106 valence electrons. The molecule has 0 saturated heterocycles. The second-order valence-electron chi connectivity index (χ2n) is 4.07. The molecule has 0 aromatic heterocycles. The second-order valence-corrected chi connectivity index (χ2v) is 5.87. The predicted octanol–water partition coefficient (Wildman–Crippen LogP) is 3.36. The van der Waals surface area contributed by atoms with Gasteiger partial charge in [0.05, 0.1) is 10.0 Å². The SMILES string of the molecule is CN=C(NCCSC)N(C)Cc1ccc(Cl)c(Cl)c1. The average molecular weight is 320 g/mol. The second kappa shape index (κ2) is 8.56. The number of aliphatic imine (C=N–C) groups is 1. The molecule has 0 fully saturated rings. The normalized spacial score (nSPS) is 11.5.